The Bertz CT molecular complexity index is 763. The number of hydrogen-bond donors (Lipinski definition) is 4. The van der Waals surface area contributed by atoms with E-state index in [1.54, 1.807) is 12.1 Å². The van der Waals surface area contributed by atoms with Gasteiger partial charge in [-0.25, -0.2) is 0 Å². The number of aliphatic hydroxyl groups is 4. The van der Waals surface area contributed by atoms with Crippen LogP contribution in [0.25, 0.3) is 0 Å². The van der Waals surface area contributed by atoms with Crippen LogP contribution in [0.4, 0.5) is 0 Å². The van der Waals surface area contributed by atoms with E-state index in [0.29, 0.717) is 25.8 Å². The zero-order valence-corrected chi connectivity index (χ0v) is 16.3. The number of benzene rings is 1. The molecule has 1 saturated heterocycles. The van der Waals surface area contributed by atoms with Gasteiger partial charge in [0.25, 0.3) is 0 Å². The quantitative estimate of drug-likeness (QED) is 0.552. The zero-order valence-electron chi connectivity index (χ0n) is 13.2. The molecule has 0 bridgehead atoms. The lowest BCUT2D eigenvalue weighted by molar-refractivity contribution is -0.205. The predicted octanol–water partition coefficient (Wildman–Crippen LogP) is 1.33. The molecule has 11 heteroatoms. The van der Waals surface area contributed by atoms with E-state index in [4.69, 9.17) is 27.9 Å². The number of nitrogens with zero attached hydrogens (tertiary/aromatic N) is 2. The second-order valence-corrected chi connectivity index (χ2v) is 8.94. The van der Waals surface area contributed by atoms with Crippen LogP contribution in [0.5, 0.6) is 0 Å². The average Bonchev–Trinajstić information content (AvgIpc) is 3.05. The molecule has 4 N–H and O–H groups in total. The largest absolute Gasteiger partial charge is 0.394 e. The van der Waals surface area contributed by atoms with Crippen molar-refractivity contribution in [1.82, 2.24) is 10.2 Å². The fraction of sp³-hybridized carbons (Fsp3) is 0.467. The van der Waals surface area contributed by atoms with Crippen molar-refractivity contribution < 1.29 is 25.2 Å². The Balaban J connectivity index is 1.68. The van der Waals surface area contributed by atoms with Gasteiger partial charge in [-0.05, 0) is 17.7 Å². The molecule has 3 rings (SSSR count). The molecule has 0 saturated carbocycles. The molecule has 0 aliphatic carbocycles. The van der Waals surface area contributed by atoms with E-state index < -0.39 is 36.5 Å². The summed E-state index contributed by atoms with van der Waals surface area (Å²) in [5.74, 6) is 0. The Hall–Kier alpha value is -0.490. The van der Waals surface area contributed by atoms with Crippen LogP contribution in [0.1, 0.15) is 10.6 Å². The Kier molecular flexibility index (Phi) is 6.76. The van der Waals surface area contributed by atoms with Gasteiger partial charge in [0.05, 0.1) is 6.61 Å². The van der Waals surface area contributed by atoms with Crippen molar-refractivity contribution in [2.75, 3.05) is 6.61 Å². The first-order valence-electron chi connectivity index (χ1n) is 7.62. The average molecular weight is 439 g/mol. The molecule has 0 radical (unpaired) electrons. The molecule has 1 aliphatic heterocycles. The molecule has 7 nitrogen and oxygen atoms in total. The lowest BCUT2D eigenvalue weighted by Crippen LogP contribution is -2.57. The monoisotopic (exact) mass is 438 g/mol. The number of thioether (sulfide) groups is 1. The van der Waals surface area contributed by atoms with Crippen LogP contribution < -0.4 is 0 Å². The molecule has 2 aromatic rings. The molecule has 0 unspecified atom stereocenters. The zero-order chi connectivity index (χ0) is 18.8. The van der Waals surface area contributed by atoms with Crippen LogP contribution in [-0.4, -0.2) is 67.1 Å². The van der Waals surface area contributed by atoms with Gasteiger partial charge in [-0.1, -0.05) is 52.4 Å². The summed E-state index contributed by atoms with van der Waals surface area (Å²) in [6.07, 6.45) is -4.60. The number of hydrogen-bond acceptors (Lipinski definition) is 9. The van der Waals surface area contributed by atoms with Crippen molar-refractivity contribution in [2.24, 2.45) is 0 Å². The number of rotatable bonds is 5. The van der Waals surface area contributed by atoms with Gasteiger partial charge in [0, 0.05) is 16.5 Å². The van der Waals surface area contributed by atoms with E-state index in [1.165, 1.54) is 11.3 Å². The predicted molar refractivity (Wildman–Crippen MR) is 98.8 cm³/mol. The summed E-state index contributed by atoms with van der Waals surface area (Å²) in [5, 5.41) is 48.9. The van der Waals surface area contributed by atoms with Crippen molar-refractivity contribution in [3.05, 3.63) is 38.8 Å². The van der Waals surface area contributed by atoms with E-state index in [9.17, 15) is 20.4 Å². The molecule has 142 valence electrons. The van der Waals surface area contributed by atoms with Crippen LogP contribution in [0, 0.1) is 0 Å². The second kappa shape index (κ2) is 8.68. The molecule has 2 heterocycles. The van der Waals surface area contributed by atoms with Crippen LogP contribution in [-0.2, 0) is 11.2 Å². The van der Waals surface area contributed by atoms with Crippen LogP contribution in [0.15, 0.2) is 22.5 Å². The highest BCUT2D eigenvalue weighted by atomic mass is 35.5. The first-order chi connectivity index (χ1) is 12.4. The van der Waals surface area contributed by atoms with Gasteiger partial charge >= 0.3 is 0 Å². The molecule has 5 atom stereocenters. The molecular weight excluding hydrogens is 423 g/mol. The molecule has 1 aromatic heterocycles. The van der Waals surface area contributed by atoms with Gasteiger partial charge in [0.1, 0.15) is 34.9 Å². The van der Waals surface area contributed by atoms with Gasteiger partial charge < -0.3 is 25.2 Å². The van der Waals surface area contributed by atoms with Crippen molar-refractivity contribution in [3.8, 4) is 0 Å². The Labute approximate surface area is 167 Å². The first kappa shape index (κ1) is 20.2. The summed E-state index contributed by atoms with van der Waals surface area (Å²) in [4.78, 5) is 0. The van der Waals surface area contributed by atoms with E-state index in [0.717, 1.165) is 17.3 Å². The van der Waals surface area contributed by atoms with E-state index in [2.05, 4.69) is 10.2 Å². The Morgan fingerprint density at radius 1 is 1.12 bits per heavy atom. The number of aromatic nitrogens is 2. The molecule has 1 fully saturated rings. The minimum Gasteiger partial charge on any atom is -0.394 e. The summed E-state index contributed by atoms with van der Waals surface area (Å²) in [6, 6.07) is 5.22. The van der Waals surface area contributed by atoms with Crippen LogP contribution in [0.2, 0.25) is 10.0 Å². The second-order valence-electron chi connectivity index (χ2n) is 5.69. The summed E-state index contributed by atoms with van der Waals surface area (Å²) < 4.78 is 5.97. The van der Waals surface area contributed by atoms with Gasteiger partial charge in [-0.3, -0.25) is 0 Å². The topological polar surface area (TPSA) is 116 Å². The fourth-order valence-electron chi connectivity index (χ4n) is 2.45. The number of aliphatic hydroxyl groups excluding tert-OH is 4. The maximum atomic E-state index is 10.1. The van der Waals surface area contributed by atoms with E-state index >= 15 is 0 Å². The van der Waals surface area contributed by atoms with Crippen LogP contribution >= 0.6 is 46.3 Å². The summed E-state index contributed by atoms with van der Waals surface area (Å²) in [5.41, 5.74) is -0.0259. The lowest BCUT2D eigenvalue weighted by atomic mass is 10.0. The fourth-order valence-corrected chi connectivity index (χ4v) is 5.07. The van der Waals surface area contributed by atoms with Crippen molar-refractivity contribution in [1.29, 1.82) is 0 Å². The number of ether oxygens (including phenoxy) is 1. The smallest absolute Gasteiger partial charge is 0.176 e. The van der Waals surface area contributed by atoms with E-state index in [1.807, 2.05) is 6.07 Å². The highest BCUT2D eigenvalue weighted by Crippen LogP contribution is 2.35. The number of halogens is 2. The van der Waals surface area contributed by atoms with Crippen LogP contribution in [0.3, 0.4) is 0 Å². The summed E-state index contributed by atoms with van der Waals surface area (Å²) in [7, 11) is 0. The highest BCUT2D eigenvalue weighted by Gasteiger charge is 2.44. The summed E-state index contributed by atoms with van der Waals surface area (Å²) in [6.45, 7) is -0.474. The minimum absolute atomic E-state index is 0.474. The van der Waals surface area contributed by atoms with Gasteiger partial charge in [-0.15, -0.1) is 10.2 Å². The first-order valence-corrected chi connectivity index (χ1v) is 10.1. The molecule has 1 aliphatic rings. The third kappa shape index (κ3) is 4.49. The SMILES string of the molecule is OC[C@H]1O[C@@H](Sc2nnc(Cc3ccc(Cl)cc3Cl)s2)[C@H](O)[C@@H](O)[C@@H]1O. The standard InChI is InChI=1S/C15H16Cl2N2O5S2/c16-7-2-1-6(8(17)4-7)3-10-18-19-15(25-10)26-14-13(23)12(22)11(21)9(5-20)24-14/h1-2,4,9,11-14,20-23H,3,5H2/t9-,11-,12+,13-,14+/m1/s1. The van der Waals surface area contributed by atoms with Gasteiger partial charge in [-0.2, -0.15) is 0 Å². The van der Waals surface area contributed by atoms with Crippen molar-refractivity contribution >= 4 is 46.3 Å². The third-order valence-corrected chi connectivity index (χ3v) is 6.62. The minimum atomic E-state index is -1.42. The van der Waals surface area contributed by atoms with Crippen molar-refractivity contribution in [3.63, 3.8) is 0 Å². The van der Waals surface area contributed by atoms with Crippen molar-refractivity contribution in [2.45, 2.75) is 40.6 Å². The normalized spacial score (nSPS) is 29.1. The Morgan fingerprint density at radius 2 is 1.88 bits per heavy atom. The lowest BCUT2D eigenvalue weighted by Gasteiger charge is -2.39. The van der Waals surface area contributed by atoms with Gasteiger partial charge in [0.2, 0.25) is 0 Å². The molecule has 26 heavy (non-hydrogen) atoms. The molecule has 1 aromatic carbocycles. The molecular formula is C15H16Cl2N2O5S2. The maximum absolute atomic E-state index is 10.1. The van der Waals surface area contributed by atoms with E-state index in [-0.39, 0.29) is 0 Å². The third-order valence-electron chi connectivity index (χ3n) is 3.87. The molecule has 0 spiro atoms. The van der Waals surface area contributed by atoms with Gasteiger partial charge in [0.15, 0.2) is 4.34 Å². The maximum Gasteiger partial charge on any atom is 0.176 e. The Morgan fingerprint density at radius 3 is 2.58 bits per heavy atom. The molecule has 0 amide bonds. The highest BCUT2D eigenvalue weighted by molar-refractivity contribution is 8.01. The summed E-state index contributed by atoms with van der Waals surface area (Å²) >= 11 is 14.4.